The first-order valence-electron chi connectivity index (χ1n) is 3.99. The number of aryl methyl sites for hydroxylation is 1. The van der Waals surface area contributed by atoms with Crippen molar-refractivity contribution < 1.29 is 8.78 Å². The third kappa shape index (κ3) is 1.86. The summed E-state index contributed by atoms with van der Waals surface area (Å²) in [4.78, 5) is 3.66. The second-order valence-electron chi connectivity index (χ2n) is 2.80. The minimum absolute atomic E-state index is 0.0110. The molecule has 0 aliphatic rings. The highest BCUT2D eigenvalue weighted by Crippen LogP contribution is 2.22. The molecule has 0 unspecified atom stereocenters. The van der Waals surface area contributed by atoms with E-state index in [4.69, 9.17) is 11.0 Å². The number of alkyl halides is 2. The molecule has 1 aromatic rings. The van der Waals surface area contributed by atoms with Crippen LogP contribution in [0.25, 0.3) is 0 Å². The molecule has 1 heterocycles. The van der Waals surface area contributed by atoms with E-state index in [0.717, 1.165) is 0 Å². The lowest BCUT2D eigenvalue weighted by Crippen LogP contribution is -2.07. The van der Waals surface area contributed by atoms with Gasteiger partial charge in [0, 0.05) is 6.54 Å². The molecule has 5 heteroatoms. The second kappa shape index (κ2) is 4.11. The van der Waals surface area contributed by atoms with Crippen LogP contribution >= 0.6 is 0 Å². The molecule has 0 aliphatic heterocycles. The van der Waals surface area contributed by atoms with E-state index in [2.05, 4.69) is 4.98 Å². The van der Waals surface area contributed by atoms with Crippen molar-refractivity contribution in [3.63, 3.8) is 0 Å². The Labute approximate surface area is 80.2 Å². The van der Waals surface area contributed by atoms with E-state index in [1.54, 1.807) is 0 Å². The molecular weight excluding hydrogens is 188 g/mol. The molecule has 0 aromatic carbocycles. The lowest BCUT2D eigenvalue weighted by molar-refractivity contribution is 0.145. The highest BCUT2D eigenvalue weighted by Gasteiger charge is 2.15. The largest absolute Gasteiger partial charge is 0.325 e. The van der Waals surface area contributed by atoms with Crippen LogP contribution in [0, 0.1) is 18.3 Å². The third-order valence-corrected chi connectivity index (χ3v) is 1.85. The molecule has 0 bridgehead atoms. The fraction of sp³-hybridized carbons (Fsp3) is 0.333. The van der Waals surface area contributed by atoms with Gasteiger partial charge in [-0.1, -0.05) is 0 Å². The molecule has 3 nitrogen and oxygen atoms in total. The normalized spacial score (nSPS) is 10.3. The second-order valence-corrected chi connectivity index (χ2v) is 2.80. The third-order valence-electron chi connectivity index (χ3n) is 1.85. The van der Waals surface area contributed by atoms with Gasteiger partial charge in [0.1, 0.15) is 11.8 Å². The van der Waals surface area contributed by atoms with Crippen molar-refractivity contribution in [2.24, 2.45) is 5.73 Å². The average Bonchev–Trinajstić information content (AvgIpc) is 2.16. The predicted octanol–water partition coefficient (Wildman–Crippen LogP) is 1.66. The molecule has 0 aliphatic carbocycles. The predicted molar refractivity (Wildman–Crippen MR) is 46.5 cm³/mol. The summed E-state index contributed by atoms with van der Waals surface area (Å²) in [7, 11) is 0. The highest BCUT2D eigenvalue weighted by atomic mass is 19.3. The zero-order valence-electron chi connectivity index (χ0n) is 7.59. The summed E-state index contributed by atoms with van der Waals surface area (Å²) in [6.07, 6.45) is -2.63. The summed E-state index contributed by atoms with van der Waals surface area (Å²) in [6.45, 7) is 1.48. The number of rotatable bonds is 2. The summed E-state index contributed by atoms with van der Waals surface area (Å²) in [6, 6.07) is 3.25. The van der Waals surface area contributed by atoms with Gasteiger partial charge in [0.15, 0.2) is 0 Å². The molecule has 0 spiro atoms. The summed E-state index contributed by atoms with van der Waals surface area (Å²) in [5.74, 6) is 0. The van der Waals surface area contributed by atoms with E-state index in [-0.39, 0.29) is 23.5 Å². The number of nitrogens with zero attached hydrogens (tertiary/aromatic N) is 2. The molecular formula is C9H9F2N3. The molecule has 1 rings (SSSR count). The van der Waals surface area contributed by atoms with Gasteiger partial charge in [-0.05, 0) is 18.6 Å². The Kier molecular flexibility index (Phi) is 3.10. The van der Waals surface area contributed by atoms with Crippen LogP contribution in [-0.4, -0.2) is 4.98 Å². The fourth-order valence-electron chi connectivity index (χ4n) is 1.14. The van der Waals surface area contributed by atoms with Gasteiger partial charge in [-0.3, -0.25) is 0 Å². The summed E-state index contributed by atoms with van der Waals surface area (Å²) < 4.78 is 24.8. The van der Waals surface area contributed by atoms with Crippen LogP contribution in [0.2, 0.25) is 0 Å². The molecule has 0 atom stereocenters. The number of nitriles is 1. The zero-order chi connectivity index (χ0) is 10.7. The van der Waals surface area contributed by atoms with Gasteiger partial charge in [-0.15, -0.1) is 0 Å². The number of pyridine rings is 1. The van der Waals surface area contributed by atoms with Gasteiger partial charge >= 0.3 is 0 Å². The monoisotopic (exact) mass is 197 g/mol. The van der Waals surface area contributed by atoms with E-state index in [1.807, 2.05) is 6.07 Å². The molecule has 0 saturated heterocycles. The lowest BCUT2D eigenvalue weighted by Gasteiger charge is -2.07. The Morgan fingerprint density at radius 2 is 2.29 bits per heavy atom. The molecule has 0 radical (unpaired) electrons. The SMILES string of the molecule is Cc1cc(C#N)c(CN)nc1C(F)F. The first kappa shape index (κ1) is 10.5. The van der Waals surface area contributed by atoms with Crippen molar-refractivity contribution in [3.05, 3.63) is 28.6 Å². The molecule has 0 amide bonds. The van der Waals surface area contributed by atoms with Crippen molar-refractivity contribution in [2.75, 3.05) is 0 Å². The van der Waals surface area contributed by atoms with E-state index in [1.165, 1.54) is 13.0 Å². The van der Waals surface area contributed by atoms with Crippen LogP contribution in [0.15, 0.2) is 6.07 Å². The molecule has 2 N–H and O–H groups in total. The molecule has 0 saturated carbocycles. The van der Waals surface area contributed by atoms with E-state index in [0.29, 0.717) is 5.56 Å². The average molecular weight is 197 g/mol. The summed E-state index contributed by atoms with van der Waals surface area (Å²) >= 11 is 0. The first-order chi connectivity index (χ1) is 6.60. The highest BCUT2D eigenvalue weighted by molar-refractivity contribution is 5.38. The quantitative estimate of drug-likeness (QED) is 0.784. The minimum atomic E-state index is -2.63. The summed E-state index contributed by atoms with van der Waals surface area (Å²) in [5.41, 5.74) is 5.77. The van der Waals surface area contributed by atoms with Crippen molar-refractivity contribution in [2.45, 2.75) is 19.9 Å². The number of hydrogen-bond acceptors (Lipinski definition) is 3. The van der Waals surface area contributed by atoms with Gasteiger partial charge in [0.05, 0.1) is 11.3 Å². The van der Waals surface area contributed by atoms with Crippen molar-refractivity contribution in [1.82, 2.24) is 4.98 Å². The summed E-state index contributed by atoms with van der Waals surface area (Å²) in [5, 5.41) is 8.67. The fourth-order valence-corrected chi connectivity index (χ4v) is 1.14. The lowest BCUT2D eigenvalue weighted by atomic mass is 10.1. The number of nitrogens with two attached hydrogens (primary N) is 1. The van der Waals surface area contributed by atoms with E-state index in [9.17, 15) is 8.78 Å². The van der Waals surface area contributed by atoms with Gasteiger partial charge < -0.3 is 5.73 Å². The Hall–Kier alpha value is -1.54. The number of aromatic nitrogens is 1. The van der Waals surface area contributed by atoms with Crippen molar-refractivity contribution in [3.8, 4) is 6.07 Å². The van der Waals surface area contributed by atoms with Gasteiger partial charge in [0.2, 0.25) is 0 Å². The van der Waals surface area contributed by atoms with Crippen LogP contribution in [0.1, 0.15) is 28.9 Å². The number of halogens is 2. The van der Waals surface area contributed by atoms with Gasteiger partial charge in [-0.25, -0.2) is 13.8 Å². The van der Waals surface area contributed by atoms with Crippen LogP contribution in [0.5, 0.6) is 0 Å². The van der Waals surface area contributed by atoms with E-state index < -0.39 is 6.43 Å². The van der Waals surface area contributed by atoms with Crippen LogP contribution in [0.4, 0.5) is 8.78 Å². The van der Waals surface area contributed by atoms with Crippen LogP contribution < -0.4 is 5.73 Å². The minimum Gasteiger partial charge on any atom is -0.325 e. The van der Waals surface area contributed by atoms with Crippen LogP contribution in [0.3, 0.4) is 0 Å². The van der Waals surface area contributed by atoms with Crippen LogP contribution in [-0.2, 0) is 6.54 Å². The number of hydrogen-bond donors (Lipinski definition) is 1. The standard InChI is InChI=1S/C9H9F2N3/c1-5-2-6(3-12)7(4-13)14-8(5)9(10)11/h2,9H,4,13H2,1H3. The molecule has 14 heavy (non-hydrogen) atoms. The Bertz CT molecular complexity index is 382. The Balaban J connectivity index is 3.32. The molecule has 0 fully saturated rings. The topological polar surface area (TPSA) is 62.7 Å². The smallest absolute Gasteiger partial charge is 0.280 e. The molecule has 1 aromatic heterocycles. The first-order valence-corrected chi connectivity index (χ1v) is 3.99. The Morgan fingerprint density at radius 1 is 1.64 bits per heavy atom. The Morgan fingerprint density at radius 3 is 2.71 bits per heavy atom. The van der Waals surface area contributed by atoms with Crippen molar-refractivity contribution >= 4 is 0 Å². The van der Waals surface area contributed by atoms with E-state index >= 15 is 0 Å². The molecule has 74 valence electrons. The maximum Gasteiger partial charge on any atom is 0.280 e. The maximum atomic E-state index is 12.4. The van der Waals surface area contributed by atoms with Crippen molar-refractivity contribution in [1.29, 1.82) is 5.26 Å². The van der Waals surface area contributed by atoms with Gasteiger partial charge in [-0.2, -0.15) is 5.26 Å². The maximum absolute atomic E-state index is 12.4. The van der Waals surface area contributed by atoms with Gasteiger partial charge in [0.25, 0.3) is 6.43 Å². The zero-order valence-corrected chi connectivity index (χ0v) is 7.59.